The second-order valence-electron chi connectivity index (χ2n) is 4.68. The van der Waals surface area contributed by atoms with E-state index in [0.29, 0.717) is 6.54 Å². The summed E-state index contributed by atoms with van der Waals surface area (Å²) in [4.78, 5) is 18.7. The molecule has 2 heterocycles. The molecule has 22 heavy (non-hydrogen) atoms. The molecule has 0 saturated carbocycles. The number of carbonyl (C=O) groups is 1. The van der Waals surface area contributed by atoms with Gasteiger partial charge in [0, 0.05) is 10.6 Å². The van der Waals surface area contributed by atoms with Crippen molar-refractivity contribution < 1.29 is 4.79 Å². The van der Waals surface area contributed by atoms with Crippen molar-refractivity contribution in [1.82, 2.24) is 10.3 Å². The number of thiazole rings is 1. The molecule has 0 atom stereocenters. The van der Waals surface area contributed by atoms with E-state index in [1.54, 1.807) is 22.7 Å². The fourth-order valence-electron chi connectivity index (χ4n) is 1.96. The van der Waals surface area contributed by atoms with Crippen LogP contribution in [0.4, 0.5) is 10.5 Å². The maximum atomic E-state index is 11.9. The highest BCUT2D eigenvalue weighted by molar-refractivity contribution is 7.21. The molecular formula is C16H15N3OS2. The summed E-state index contributed by atoms with van der Waals surface area (Å²) in [6.45, 7) is 2.45. The van der Waals surface area contributed by atoms with E-state index in [9.17, 15) is 4.79 Å². The number of amides is 2. The molecule has 112 valence electrons. The Morgan fingerprint density at radius 2 is 2.00 bits per heavy atom. The third kappa shape index (κ3) is 3.52. The molecule has 2 N–H and O–H groups in total. The van der Waals surface area contributed by atoms with Crippen LogP contribution in [-0.4, -0.2) is 11.0 Å². The highest BCUT2D eigenvalue weighted by Crippen LogP contribution is 2.30. The van der Waals surface area contributed by atoms with Crippen LogP contribution in [0, 0.1) is 6.92 Å². The molecule has 3 aromatic rings. The predicted molar refractivity (Wildman–Crippen MR) is 92.5 cm³/mol. The first-order chi connectivity index (χ1) is 10.7. The quantitative estimate of drug-likeness (QED) is 0.740. The van der Waals surface area contributed by atoms with Gasteiger partial charge in [0.1, 0.15) is 5.01 Å². The summed E-state index contributed by atoms with van der Waals surface area (Å²) in [6, 6.07) is 13.3. The second-order valence-corrected chi connectivity index (χ2v) is 6.71. The van der Waals surface area contributed by atoms with Crippen molar-refractivity contribution in [3.8, 4) is 9.88 Å². The summed E-state index contributed by atoms with van der Waals surface area (Å²) in [5.74, 6) is 0. The smallest absolute Gasteiger partial charge is 0.319 e. The first-order valence-electron chi connectivity index (χ1n) is 6.82. The van der Waals surface area contributed by atoms with Gasteiger partial charge in [0.05, 0.1) is 17.1 Å². The minimum atomic E-state index is -0.211. The Hall–Kier alpha value is -2.18. The minimum Gasteiger partial charge on any atom is -0.333 e. The number of para-hydroxylation sites is 1. The molecule has 4 nitrogen and oxygen atoms in total. The lowest BCUT2D eigenvalue weighted by Crippen LogP contribution is -2.28. The number of hydrogen-bond donors (Lipinski definition) is 2. The van der Waals surface area contributed by atoms with Crippen LogP contribution in [-0.2, 0) is 6.54 Å². The number of anilines is 1. The molecule has 0 aliphatic heterocycles. The molecule has 3 rings (SSSR count). The van der Waals surface area contributed by atoms with E-state index >= 15 is 0 Å². The molecule has 0 unspecified atom stereocenters. The fraction of sp³-hybridized carbons (Fsp3) is 0.125. The van der Waals surface area contributed by atoms with E-state index in [1.807, 2.05) is 48.7 Å². The van der Waals surface area contributed by atoms with Crippen LogP contribution in [0.2, 0.25) is 0 Å². The Morgan fingerprint density at radius 3 is 2.73 bits per heavy atom. The number of thiophene rings is 1. The van der Waals surface area contributed by atoms with Gasteiger partial charge in [-0.25, -0.2) is 9.78 Å². The maximum absolute atomic E-state index is 11.9. The zero-order valence-electron chi connectivity index (χ0n) is 12.0. The van der Waals surface area contributed by atoms with Crippen molar-refractivity contribution in [3.05, 3.63) is 58.4 Å². The Bertz CT molecular complexity index is 751. The number of hydrogen-bond acceptors (Lipinski definition) is 4. The normalized spacial score (nSPS) is 10.4. The summed E-state index contributed by atoms with van der Waals surface area (Å²) in [5.41, 5.74) is 1.74. The summed E-state index contributed by atoms with van der Waals surface area (Å²) in [5, 5.41) is 8.72. The van der Waals surface area contributed by atoms with Crippen molar-refractivity contribution in [2.45, 2.75) is 13.5 Å². The van der Waals surface area contributed by atoms with Gasteiger partial charge in [-0.1, -0.05) is 24.3 Å². The average molecular weight is 329 g/mol. The topological polar surface area (TPSA) is 54.0 Å². The van der Waals surface area contributed by atoms with Crippen LogP contribution in [0.3, 0.4) is 0 Å². The SMILES string of the molecule is Cc1nc(-c2cccs2)sc1CNC(=O)Nc1ccccc1. The lowest BCUT2D eigenvalue weighted by molar-refractivity contribution is 0.252. The molecule has 0 spiro atoms. The number of rotatable bonds is 4. The summed E-state index contributed by atoms with van der Waals surface area (Å²) < 4.78 is 0. The average Bonchev–Trinajstić information content (AvgIpc) is 3.16. The molecule has 0 aliphatic rings. The summed E-state index contributed by atoms with van der Waals surface area (Å²) >= 11 is 3.29. The number of aryl methyl sites for hydroxylation is 1. The van der Waals surface area contributed by atoms with Crippen LogP contribution in [0.25, 0.3) is 9.88 Å². The number of nitrogens with one attached hydrogen (secondary N) is 2. The van der Waals surface area contributed by atoms with Crippen LogP contribution in [0.5, 0.6) is 0 Å². The van der Waals surface area contributed by atoms with E-state index in [0.717, 1.165) is 26.1 Å². The van der Waals surface area contributed by atoms with Gasteiger partial charge in [-0.3, -0.25) is 0 Å². The van der Waals surface area contributed by atoms with Crippen LogP contribution >= 0.6 is 22.7 Å². The van der Waals surface area contributed by atoms with Crippen molar-refractivity contribution in [3.63, 3.8) is 0 Å². The molecule has 2 aromatic heterocycles. The monoisotopic (exact) mass is 329 g/mol. The van der Waals surface area contributed by atoms with Gasteiger partial charge in [0.2, 0.25) is 0 Å². The van der Waals surface area contributed by atoms with Gasteiger partial charge in [-0.2, -0.15) is 0 Å². The van der Waals surface area contributed by atoms with Crippen LogP contribution in [0.15, 0.2) is 47.8 Å². The number of aromatic nitrogens is 1. The Kier molecular flexibility index (Phi) is 4.50. The summed E-state index contributed by atoms with van der Waals surface area (Å²) in [7, 11) is 0. The second kappa shape index (κ2) is 6.72. The van der Waals surface area contributed by atoms with Crippen LogP contribution < -0.4 is 10.6 Å². The lowest BCUT2D eigenvalue weighted by Gasteiger charge is -2.06. The van der Waals surface area contributed by atoms with Crippen molar-refractivity contribution in [2.75, 3.05) is 5.32 Å². The molecule has 2 amide bonds. The zero-order valence-corrected chi connectivity index (χ0v) is 13.6. The van der Waals surface area contributed by atoms with Gasteiger partial charge in [-0.05, 0) is 30.5 Å². The van der Waals surface area contributed by atoms with E-state index in [1.165, 1.54) is 0 Å². The van der Waals surface area contributed by atoms with E-state index < -0.39 is 0 Å². The minimum absolute atomic E-state index is 0.211. The number of benzene rings is 1. The Labute approximate surface area is 136 Å². The molecule has 0 radical (unpaired) electrons. The first kappa shape index (κ1) is 14.7. The predicted octanol–water partition coefficient (Wildman–Crippen LogP) is 4.50. The fourth-order valence-corrected chi connectivity index (χ4v) is 3.75. The van der Waals surface area contributed by atoms with E-state index in [4.69, 9.17) is 0 Å². The number of urea groups is 1. The molecule has 0 fully saturated rings. The third-order valence-corrected chi connectivity index (χ3v) is 5.26. The molecule has 6 heteroatoms. The van der Waals surface area contributed by atoms with Gasteiger partial charge in [0.25, 0.3) is 0 Å². The van der Waals surface area contributed by atoms with Crippen molar-refractivity contribution in [1.29, 1.82) is 0 Å². The lowest BCUT2D eigenvalue weighted by atomic mass is 10.3. The van der Waals surface area contributed by atoms with Gasteiger partial charge < -0.3 is 10.6 Å². The van der Waals surface area contributed by atoms with Gasteiger partial charge in [-0.15, -0.1) is 22.7 Å². The zero-order chi connectivity index (χ0) is 15.4. The highest BCUT2D eigenvalue weighted by atomic mass is 32.1. The van der Waals surface area contributed by atoms with Gasteiger partial charge in [0.15, 0.2) is 0 Å². The number of nitrogens with zero attached hydrogens (tertiary/aromatic N) is 1. The molecule has 1 aromatic carbocycles. The molecule has 0 saturated heterocycles. The van der Waals surface area contributed by atoms with Crippen molar-refractivity contribution >= 4 is 34.4 Å². The third-order valence-electron chi connectivity index (χ3n) is 3.07. The van der Waals surface area contributed by atoms with E-state index in [-0.39, 0.29) is 6.03 Å². The summed E-state index contributed by atoms with van der Waals surface area (Å²) in [6.07, 6.45) is 0. The van der Waals surface area contributed by atoms with Crippen LogP contribution in [0.1, 0.15) is 10.6 Å². The molecule has 0 aliphatic carbocycles. The standard InChI is InChI=1S/C16H15N3OS2/c1-11-14(22-15(18-11)13-8-5-9-21-13)10-17-16(20)19-12-6-3-2-4-7-12/h2-9H,10H2,1H3,(H2,17,19,20). The van der Waals surface area contributed by atoms with Crippen molar-refractivity contribution in [2.24, 2.45) is 0 Å². The molecular weight excluding hydrogens is 314 g/mol. The Balaban J connectivity index is 1.61. The first-order valence-corrected chi connectivity index (χ1v) is 8.52. The van der Waals surface area contributed by atoms with E-state index in [2.05, 4.69) is 21.7 Å². The Morgan fingerprint density at radius 1 is 1.18 bits per heavy atom. The van der Waals surface area contributed by atoms with Gasteiger partial charge >= 0.3 is 6.03 Å². The largest absolute Gasteiger partial charge is 0.333 e. The number of carbonyl (C=O) groups excluding carboxylic acids is 1. The highest BCUT2D eigenvalue weighted by Gasteiger charge is 2.11. The molecule has 0 bridgehead atoms. The maximum Gasteiger partial charge on any atom is 0.319 e.